The van der Waals surface area contributed by atoms with E-state index in [4.69, 9.17) is 0 Å². The molecule has 110 valence electrons. The van der Waals surface area contributed by atoms with E-state index in [1.807, 2.05) is 0 Å². The first kappa shape index (κ1) is 15.2. The Morgan fingerprint density at radius 3 is 1.80 bits per heavy atom. The number of carbonyl (C=O) groups excluding carboxylic acids is 2. The largest absolute Gasteiger partial charge is 0.235 e. The lowest BCUT2D eigenvalue weighted by molar-refractivity contribution is 0.0104. The maximum atomic E-state index is 10.6. The van der Waals surface area contributed by atoms with E-state index in [2.05, 4.69) is 23.8 Å². The van der Waals surface area contributed by atoms with Gasteiger partial charge >= 0.3 is 0 Å². The Labute approximate surface area is 120 Å². The lowest BCUT2D eigenvalue weighted by Gasteiger charge is -2.50. The average molecular weight is 276 g/mol. The number of hydrogen-bond acceptors (Lipinski definition) is 4. The van der Waals surface area contributed by atoms with Crippen LogP contribution in [0.2, 0.25) is 0 Å². The monoisotopic (exact) mass is 276 g/mol. The normalized spacial score (nSPS) is 34.7. The fourth-order valence-corrected chi connectivity index (χ4v) is 4.62. The Bertz CT molecular complexity index is 388. The average Bonchev–Trinajstić information content (AvgIpc) is 2.50. The molecule has 3 rings (SSSR count). The predicted octanol–water partition coefficient (Wildman–Crippen LogP) is 3.27. The van der Waals surface area contributed by atoms with Gasteiger partial charge in [0.15, 0.2) is 0 Å². The Balaban J connectivity index is 2.21. The molecule has 4 atom stereocenters. The molecular formula is C16H24N2O2. The number of isocyanates is 2. The smallest absolute Gasteiger partial charge is 0.211 e. The van der Waals surface area contributed by atoms with Crippen LogP contribution in [0.5, 0.6) is 0 Å². The minimum Gasteiger partial charge on any atom is -0.211 e. The second-order valence-electron chi connectivity index (χ2n) is 6.30. The summed E-state index contributed by atoms with van der Waals surface area (Å²) in [7, 11) is 0. The Kier molecular flexibility index (Phi) is 5.28. The first-order valence-corrected chi connectivity index (χ1v) is 7.89. The van der Waals surface area contributed by atoms with Gasteiger partial charge < -0.3 is 0 Å². The molecule has 4 nitrogen and oxygen atoms in total. The third kappa shape index (κ3) is 2.92. The van der Waals surface area contributed by atoms with Crippen LogP contribution >= 0.6 is 0 Å². The third-order valence-corrected chi connectivity index (χ3v) is 5.48. The van der Waals surface area contributed by atoms with E-state index in [-0.39, 0.29) is 12.1 Å². The van der Waals surface area contributed by atoms with Gasteiger partial charge in [-0.1, -0.05) is 20.3 Å². The lowest BCUT2D eigenvalue weighted by atomic mass is 9.56. The van der Waals surface area contributed by atoms with Crippen LogP contribution in [0.1, 0.15) is 52.4 Å². The van der Waals surface area contributed by atoms with Crippen LogP contribution in [-0.4, -0.2) is 24.2 Å². The zero-order valence-corrected chi connectivity index (χ0v) is 12.4. The van der Waals surface area contributed by atoms with Gasteiger partial charge in [0, 0.05) is 0 Å². The summed E-state index contributed by atoms with van der Waals surface area (Å²) in [6.07, 6.45) is 10.1. The molecule has 3 fully saturated rings. The van der Waals surface area contributed by atoms with Crippen LogP contribution in [0.4, 0.5) is 0 Å². The van der Waals surface area contributed by atoms with E-state index in [9.17, 15) is 9.59 Å². The summed E-state index contributed by atoms with van der Waals surface area (Å²) >= 11 is 0. The van der Waals surface area contributed by atoms with E-state index >= 15 is 0 Å². The molecule has 0 radical (unpaired) electrons. The fraction of sp³-hybridized carbons (Fsp3) is 0.875. The molecule has 4 unspecified atom stereocenters. The molecule has 0 aromatic heterocycles. The van der Waals surface area contributed by atoms with Gasteiger partial charge in [0.25, 0.3) is 0 Å². The number of aliphatic imine (C=N–C) groups is 2. The van der Waals surface area contributed by atoms with E-state index in [0.717, 1.165) is 12.8 Å². The molecule has 4 heteroatoms. The van der Waals surface area contributed by atoms with Crippen molar-refractivity contribution in [1.82, 2.24) is 0 Å². The summed E-state index contributed by atoms with van der Waals surface area (Å²) < 4.78 is 0. The highest BCUT2D eigenvalue weighted by molar-refractivity contribution is 5.34. The predicted molar refractivity (Wildman–Crippen MR) is 76.8 cm³/mol. The van der Waals surface area contributed by atoms with Gasteiger partial charge in [0.05, 0.1) is 12.1 Å². The fourth-order valence-electron chi connectivity index (χ4n) is 4.62. The maximum Gasteiger partial charge on any atom is 0.235 e. The van der Waals surface area contributed by atoms with Crippen LogP contribution in [0.15, 0.2) is 9.98 Å². The topological polar surface area (TPSA) is 58.9 Å². The van der Waals surface area contributed by atoms with Crippen LogP contribution in [0.25, 0.3) is 0 Å². The van der Waals surface area contributed by atoms with Crippen molar-refractivity contribution < 1.29 is 9.59 Å². The quantitative estimate of drug-likeness (QED) is 0.552. The molecule has 0 aromatic rings. The molecule has 3 saturated carbocycles. The summed E-state index contributed by atoms with van der Waals surface area (Å²) in [4.78, 5) is 29.3. The van der Waals surface area contributed by atoms with Crippen molar-refractivity contribution in [2.24, 2.45) is 33.7 Å². The number of fused-ring (bicyclic) bond motifs is 3. The number of hydrogen-bond donors (Lipinski definition) is 0. The molecular weight excluding hydrogens is 252 g/mol. The summed E-state index contributed by atoms with van der Waals surface area (Å²) in [6, 6.07) is 0.196. The minimum atomic E-state index is 0.0980. The van der Waals surface area contributed by atoms with Crippen molar-refractivity contribution >= 4 is 12.2 Å². The van der Waals surface area contributed by atoms with Crippen LogP contribution in [0, 0.1) is 23.7 Å². The molecule has 0 spiro atoms. The molecule has 3 aliphatic rings. The third-order valence-electron chi connectivity index (χ3n) is 5.48. The molecule has 0 aliphatic heterocycles. The lowest BCUT2D eigenvalue weighted by Crippen LogP contribution is -2.46. The van der Waals surface area contributed by atoms with Crippen molar-refractivity contribution in [2.45, 2.75) is 64.5 Å². The summed E-state index contributed by atoms with van der Waals surface area (Å²) in [6.45, 7) is 4.17. The highest BCUT2D eigenvalue weighted by atomic mass is 16.1. The molecule has 20 heavy (non-hydrogen) atoms. The highest BCUT2D eigenvalue weighted by Gasteiger charge is 2.46. The van der Waals surface area contributed by atoms with Gasteiger partial charge in [0.2, 0.25) is 12.2 Å². The van der Waals surface area contributed by atoms with Crippen LogP contribution < -0.4 is 0 Å². The zero-order valence-electron chi connectivity index (χ0n) is 12.4. The van der Waals surface area contributed by atoms with E-state index in [1.54, 1.807) is 12.2 Å². The molecule has 0 N–H and O–H groups in total. The van der Waals surface area contributed by atoms with E-state index in [1.165, 1.54) is 25.7 Å². The molecule has 0 saturated heterocycles. The highest BCUT2D eigenvalue weighted by Crippen LogP contribution is 2.52. The molecule has 0 amide bonds. The zero-order chi connectivity index (χ0) is 14.5. The van der Waals surface area contributed by atoms with Crippen molar-refractivity contribution in [3.8, 4) is 0 Å². The van der Waals surface area contributed by atoms with E-state index in [0.29, 0.717) is 23.7 Å². The van der Waals surface area contributed by atoms with Crippen molar-refractivity contribution in [2.75, 3.05) is 0 Å². The molecule has 0 heterocycles. The van der Waals surface area contributed by atoms with Gasteiger partial charge in [-0.25, -0.2) is 19.6 Å². The van der Waals surface area contributed by atoms with Gasteiger partial charge in [-0.15, -0.1) is 0 Å². The van der Waals surface area contributed by atoms with Gasteiger partial charge in [-0.2, -0.15) is 0 Å². The number of nitrogens with zero attached hydrogens (tertiary/aromatic N) is 2. The molecule has 3 aliphatic carbocycles. The summed E-state index contributed by atoms with van der Waals surface area (Å²) in [5.41, 5.74) is 0. The Hall–Kier alpha value is -1.24. The summed E-state index contributed by atoms with van der Waals surface area (Å²) in [5, 5.41) is 0. The van der Waals surface area contributed by atoms with Crippen molar-refractivity contribution in [3.05, 3.63) is 0 Å². The van der Waals surface area contributed by atoms with Gasteiger partial charge in [0.1, 0.15) is 0 Å². The molecule has 0 aromatic carbocycles. The molecule has 2 bridgehead atoms. The van der Waals surface area contributed by atoms with Gasteiger partial charge in [-0.3, -0.25) is 0 Å². The van der Waals surface area contributed by atoms with E-state index < -0.39 is 0 Å². The Morgan fingerprint density at radius 1 is 0.950 bits per heavy atom. The van der Waals surface area contributed by atoms with Gasteiger partial charge in [-0.05, 0) is 55.8 Å². The SMILES string of the molecule is CCC(N=C=O)C1CC2CCC1C(C(CC)N=C=O)C2. The standard InChI is InChI=1S/C16H24N2O2/c1-3-15(17-9-19)13-7-11-5-6-12(13)14(8-11)16(4-2)18-10-20/h11-16H,3-8H2,1-2H3. The van der Waals surface area contributed by atoms with Crippen molar-refractivity contribution in [3.63, 3.8) is 0 Å². The first-order chi connectivity index (χ1) is 9.74. The van der Waals surface area contributed by atoms with Crippen LogP contribution in [0.3, 0.4) is 0 Å². The van der Waals surface area contributed by atoms with Crippen molar-refractivity contribution in [1.29, 1.82) is 0 Å². The minimum absolute atomic E-state index is 0.0980. The maximum absolute atomic E-state index is 10.6. The second-order valence-corrected chi connectivity index (χ2v) is 6.30. The second kappa shape index (κ2) is 6.97. The van der Waals surface area contributed by atoms with Crippen LogP contribution in [-0.2, 0) is 9.59 Å². The summed E-state index contributed by atoms with van der Waals surface area (Å²) in [5.74, 6) is 2.19. The first-order valence-electron chi connectivity index (χ1n) is 7.89. The Morgan fingerprint density at radius 2 is 1.45 bits per heavy atom. The number of rotatable bonds is 6.